The number of H-pyrrole nitrogens is 1. The van der Waals surface area contributed by atoms with Crippen LogP contribution in [0.15, 0.2) is 24.4 Å². The van der Waals surface area contributed by atoms with Gasteiger partial charge in [-0.15, -0.1) is 0 Å². The molecule has 0 spiro atoms. The fraction of sp³-hybridized carbons (Fsp3) is 0.357. The van der Waals surface area contributed by atoms with Gasteiger partial charge in [-0.25, -0.2) is 0 Å². The fourth-order valence-corrected chi connectivity index (χ4v) is 1.79. The van der Waals surface area contributed by atoms with Crippen molar-refractivity contribution in [2.75, 3.05) is 19.4 Å². The van der Waals surface area contributed by atoms with Gasteiger partial charge in [-0.3, -0.25) is 4.79 Å². The van der Waals surface area contributed by atoms with Crippen LogP contribution in [0.4, 0.5) is 5.69 Å². The quantitative estimate of drug-likeness (QED) is 0.735. The Balaban J connectivity index is 2.18. The van der Waals surface area contributed by atoms with Gasteiger partial charge in [-0.2, -0.15) is 0 Å². The molecule has 102 valence electrons. The number of amides is 1. The number of hydrogen-bond acceptors (Lipinski definition) is 3. The molecule has 0 atom stereocenters. The predicted molar refractivity (Wildman–Crippen MR) is 76.1 cm³/mol. The third-order valence-corrected chi connectivity index (χ3v) is 3.18. The Morgan fingerprint density at radius 1 is 1.47 bits per heavy atom. The van der Waals surface area contributed by atoms with Crippen molar-refractivity contribution < 1.29 is 9.53 Å². The second-order valence-electron chi connectivity index (χ2n) is 5.15. The van der Waals surface area contributed by atoms with Crippen molar-refractivity contribution >= 4 is 22.5 Å². The van der Waals surface area contributed by atoms with Crippen molar-refractivity contribution in [1.29, 1.82) is 0 Å². The van der Waals surface area contributed by atoms with Crippen molar-refractivity contribution in [1.82, 2.24) is 10.3 Å². The molecule has 2 rings (SSSR count). The van der Waals surface area contributed by atoms with E-state index in [0.717, 1.165) is 10.9 Å². The van der Waals surface area contributed by atoms with Gasteiger partial charge < -0.3 is 20.8 Å². The number of fused-ring (bicyclic) bond motifs is 1. The number of methoxy groups -OCH3 is 1. The number of nitrogens with one attached hydrogen (secondary N) is 2. The number of ether oxygens (including phenoxy) is 1. The lowest BCUT2D eigenvalue weighted by atomic mass is 10.1. The minimum atomic E-state index is -0.383. The van der Waals surface area contributed by atoms with E-state index in [-0.39, 0.29) is 11.5 Å². The van der Waals surface area contributed by atoms with Crippen LogP contribution in [0.25, 0.3) is 10.9 Å². The van der Waals surface area contributed by atoms with Crippen LogP contribution in [0.2, 0.25) is 0 Å². The van der Waals surface area contributed by atoms with E-state index in [4.69, 9.17) is 10.5 Å². The Morgan fingerprint density at radius 3 is 2.89 bits per heavy atom. The number of nitrogen functional groups attached to an aromatic ring is 1. The third kappa shape index (κ3) is 2.88. The molecule has 5 heteroatoms. The highest BCUT2D eigenvalue weighted by Crippen LogP contribution is 2.20. The fourth-order valence-electron chi connectivity index (χ4n) is 1.79. The number of nitrogens with two attached hydrogens (primary N) is 1. The monoisotopic (exact) mass is 261 g/mol. The molecule has 0 saturated carbocycles. The molecular formula is C14H19N3O2. The molecule has 1 amide bonds. The molecule has 5 nitrogen and oxygen atoms in total. The third-order valence-electron chi connectivity index (χ3n) is 3.18. The molecule has 0 aliphatic heterocycles. The van der Waals surface area contributed by atoms with E-state index in [1.54, 1.807) is 19.4 Å². The summed E-state index contributed by atoms with van der Waals surface area (Å²) in [5.41, 5.74) is 7.46. The molecule has 1 aromatic heterocycles. The van der Waals surface area contributed by atoms with E-state index < -0.39 is 0 Å². The zero-order chi connectivity index (χ0) is 14.0. The number of aromatic amines is 1. The summed E-state index contributed by atoms with van der Waals surface area (Å²) in [6.07, 6.45) is 1.69. The summed E-state index contributed by atoms with van der Waals surface area (Å²) in [6, 6.07) is 5.44. The standard InChI is InChI=1S/C14H19N3O2/c1-14(2,19-3)8-17-13(18)11-7-16-12-6-9(15)4-5-10(11)12/h4-7,16H,8,15H2,1-3H3,(H,17,18). The van der Waals surface area contributed by atoms with E-state index in [1.165, 1.54) is 0 Å². The first-order valence-electron chi connectivity index (χ1n) is 6.13. The lowest BCUT2D eigenvalue weighted by Gasteiger charge is -2.22. The van der Waals surface area contributed by atoms with Gasteiger partial charge in [0.25, 0.3) is 5.91 Å². The molecule has 19 heavy (non-hydrogen) atoms. The highest BCUT2D eigenvalue weighted by Gasteiger charge is 2.19. The van der Waals surface area contributed by atoms with E-state index in [0.29, 0.717) is 17.8 Å². The Kier molecular flexibility index (Phi) is 3.48. The summed E-state index contributed by atoms with van der Waals surface area (Å²) in [5, 5.41) is 3.73. The maximum absolute atomic E-state index is 12.1. The summed E-state index contributed by atoms with van der Waals surface area (Å²) in [6.45, 7) is 4.29. The molecule has 0 radical (unpaired) electrons. The Morgan fingerprint density at radius 2 is 2.21 bits per heavy atom. The lowest BCUT2D eigenvalue weighted by molar-refractivity contribution is 0.0229. The van der Waals surface area contributed by atoms with Crippen LogP contribution in [0.1, 0.15) is 24.2 Å². The van der Waals surface area contributed by atoms with Crippen molar-refractivity contribution in [3.05, 3.63) is 30.0 Å². The zero-order valence-electron chi connectivity index (χ0n) is 11.4. The molecule has 0 bridgehead atoms. The van der Waals surface area contributed by atoms with Gasteiger partial charge in [-0.05, 0) is 32.0 Å². The average Bonchev–Trinajstić information content (AvgIpc) is 2.79. The maximum atomic E-state index is 12.1. The van der Waals surface area contributed by atoms with Crippen LogP contribution in [0.3, 0.4) is 0 Å². The van der Waals surface area contributed by atoms with Crippen LogP contribution < -0.4 is 11.1 Å². The van der Waals surface area contributed by atoms with E-state index >= 15 is 0 Å². The number of benzene rings is 1. The van der Waals surface area contributed by atoms with E-state index in [2.05, 4.69) is 10.3 Å². The molecule has 0 unspecified atom stereocenters. The molecule has 1 heterocycles. The first kappa shape index (κ1) is 13.4. The maximum Gasteiger partial charge on any atom is 0.253 e. The summed E-state index contributed by atoms with van der Waals surface area (Å²) in [7, 11) is 1.63. The summed E-state index contributed by atoms with van der Waals surface area (Å²) < 4.78 is 5.27. The Hall–Kier alpha value is -2.01. The largest absolute Gasteiger partial charge is 0.399 e. The van der Waals surface area contributed by atoms with Crippen LogP contribution >= 0.6 is 0 Å². The summed E-state index contributed by atoms with van der Waals surface area (Å²) >= 11 is 0. The van der Waals surface area contributed by atoms with Gasteiger partial charge in [0.2, 0.25) is 0 Å². The molecular weight excluding hydrogens is 242 g/mol. The van der Waals surface area contributed by atoms with Crippen molar-refractivity contribution in [3.63, 3.8) is 0 Å². The minimum Gasteiger partial charge on any atom is -0.399 e. The Bertz CT molecular complexity index is 602. The molecule has 2 aromatic rings. The first-order chi connectivity index (χ1) is 8.93. The highest BCUT2D eigenvalue weighted by molar-refractivity contribution is 6.07. The first-order valence-corrected chi connectivity index (χ1v) is 6.13. The normalized spacial score (nSPS) is 11.7. The van der Waals surface area contributed by atoms with Gasteiger partial charge >= 0.3 is 0 Å². The van der Waals surface area contributed by atoms with E-state index in [1.807, 2.05) is 26.0 Å². The number of rotatable bonds is 4. The number of aromatic nitrogens is 1. The lowest BCUT2D eigenvalue weighted by Crippen LogP contribution is -2.39. The van der Waals surface area contributed by atoms with Gasteiger partial charge in [0, 0.05) is 36.4 Å². The van der Waals surface area contributed by atoms with E-state index in [9.17, 15) is 4.79 Å². The summed E-state index contributed by atoms with van der Waals surface area (Å²) in [4.78, 5) is 15.2. The topological polar surface area (TPSA) is 80.1 Å². The molecule has 0 saturated heterocycles. The SMILES string of the molecule is COC(C)(C)CNC(=O)c1c[nH]c2cc(N)ccc12. The Labute approximate surface area is 112 Å². The summed E-state index contributed by atoms with van der Waals surface area (Å²) in [5.74, 6) is -0.124. The second-order valence-corrected chi connectivity index (χ2v) is 5.15. The van der Waals surface area contributed by atoms with Crippen LogP contribution in [0, 0.1) is 0 Å². The average molecular weight is 261 g/mol. The zero-order valence-corrected chi connectivity index (χ0v) is 11.4. The van der Waals surface area contributed by atoms with Crippen LogP contribution in [0.5, 0.6) is 0 Å². The van der Waals surface area contributed by atoms with Crippen molar-refractivity contribution in [2.24, 2.45) is 0 Å². The second kappa shape index (κ2) is 4.93. The number of hydrogen-bond donors (Lipinski definition) is 3. The van der Waals surface area contributed by atoms with Crippen LogP contribution in [-0.4, -0.2) is 30.1 Å². The molecule has 0 aliphatic rings. The number of carbonyl (C=O) groups excluding carboxylic acids is 1. The highest BCUT2D eigenvalue weighted by atomic mass is 16.5. The van der Waals surface area contributed by atoms with Crippen LogP contribution in [-0.2, 0) is 4.74 Å². The number of carbonyl (C=O) groups is 1. The molecule has 1 aromatic carbocycles. The molecule has 4 N–H and O–H groups in total. The minimum absolute atomic E-state index is 0.124. The van der Waals surface area contributed by atoms with Crippen molar-refractivity contribution in [2.45, 2.75) is 19.4 Å². The number of anilines is 1. The van der Waals surface area contributed by atoms with Gasteiger partial charge in [-0.1, -0.05) is 0 Å². The van der Waals surface area contributed by atoms with Gasteiger partial charge in [0.1, 0.15) is 0 Å². The molecule has 0 aliphatic carbocycles. The van der Waals surface area contributed by atoms with Gasteiger partial charge in [0.05, 0.1) is 11.2 Å². The van der Waals surface area contributed by atoms with Gasteiger partial charge in [0.15, 0.2) is 0 Å². The van der Waals surface area contributed by atoms with Crippen molar-refractivity contribution in [3.8, 4) is 0 Å². The predicted octanol–water partition coefficient (Wildman–Crippen LogP) is 1.90. The smallest absolute Gasteiger partial charge is 0.253 e. The molecule has 0 fully saturated rings.